The number of hydrogen-bond donors (Lipinski definition) is 3. The molecule has 2 aromatic rings. The van der Waals surface area contributed by atoms with Gasteiger partial charge in [-0.05, 0) is 63.6 Å². The van der Waals surface area contributed by atoms with Crippen LogP contribution >= 0.6 is 0 Å². The van der Waals surface area contributed by atoms with E-state index in [-0.39, 0.29) is 79.1 Å². The number of fused-ring (bicyclic) bond motifs is 1. The van der Waals surface area contributed by atoms with Gasteiger partial charge < -0.3 is 39.9 Å². The van der Waals surface area contributed by atoms with Gasteiger partial charge in [0.15, 0.2) is 6.61 Å². The largest absolute Gasteiger partial charge is 0.483 e. The molecule has 1 aromatic carbocycles. The van der Waals surface area contributed by atoms with E-state index in [0.29, 0.717) is 19.4 Å². The molecule has 16 heteroatoms. The van der Waals surface area contributed by atoms with Crippen molar-refractivity contribution < 1.29 is 47.7 Å². The number of halogens is 1. The number of ether oxygens (including phenoxy) is 2. The summed E-state index contributed by atoms with van der Waals surface area (Å²) in [5.74, 6) is -3.71. The molecule has 1 saturated carbocycles. The van der Waals surface area contributed by atoms with E-state index >= 15 is 0 Å². The van der Waals surface area contributed by atoms with Crippen LogP contribution in [-0.4, -0.2) is 125 Å². The van der Waals surface area contributed by atoms with Crippen LogP contribution in [0.3, 0.4) is 0 Å². The first kappa shape index (κ1) is 35.3. The Bertz CT molecular complexity index is 1630. The van der Waals surface area contributed by atoms with Gasteiger partial charge in [0.2, 0.25) is 11.8 Å². The summed E-state index contributed by atoms with van der Waals surface area (Å²) in [7, 11) is 0. The maximum atomic E-state index is 14.7. The van der Waals surface area contributed by atoms with Crippen LogP contribution < -0.4 is 15.4 Å². The number of nitrogens with zero attached hydrogens (tertiary/aromatic N) is 4. The Morgan fingerprint density at radius 1 is 1.02 bits per heavy atom. The molecule has 3 aliphatic rings. The molecule has 2 saturated heterocycles. The highest BCUT2D eigenvalue weighted by Gasteiger charge is 2.37. The number of benzene rings is 1. The van der Waals surface area contributed by atoms with Crippen molar-refractivity contribution >= 4 is 46.6 Å². The normalized spacial score (nSPS) is 18.2. The summed E-state index contributed by atoms with van der Waals surface area (Å²) >= 11 is 0. The topological polar surface area (TPSA) is 188 Å². The van der Waals surface area contributed by atoms with E-state index in [9.17, 15) is 38.3 Å². The maximum Gasteiger partial charge on any atom is 0.409 e. The number of carboxylic acids is 1. The molecule has 5 rings (SSSR count). The van der Waals surface area contributed by atoms with Crippen molar-refractivity contribution in [1.29, 1.82) is 0 Å². The molecule has 2 aliphatic heterocycles. The number of hydrogen-bond acceptors (Lipinski definition) is 9. The molecule has 1 aliphatic carbocycles. The number of carboxylic acid groups (broad SMARTS) is 1. The van der Waals surface area contributed by atoms with Gasteiger partial charge in [-0.15, -0.1) is 0 Å². The van der Waals surface area contributed by atoms with Crippen LogP contribution in [0.5, 0.6) is 5.75 Å². The van der Waals surface area contributed by atoms with Crippen molar-refractivity contribution in [3.05, 3.63) is 35.3 Å². The SMILES string of the molecule is CCOC(=O)N1CCN(C(=O)[C@H](CCC(=O)O)NC(=O)c2cc(OCC(=O)N3CCC[C@H]3C(=O)NC3CC3)c3cc(F)c(C)cc3n2)CC1. The van der Waals surface area contributed by atoms with E-state index in [1.54, 1.807) is 6.92 Å². The van der Waals surface area contributed by atoms with Gasteiger partial charge in [0.05, 0.1) is 12.1 Å². The molecular weight excluding hydrogens is 643 g/mol. The van der Waals surface area contributed by atoms with Crippen LogP contribution in [0.4, 0.5) is 9.18 Å². The molecule has 2 atom stereocenters. The highest BCUT2D eigenvalue weighted by Crippen LogP contribution is 2.29. The number of aliphatic carboxylic acids is 1. The fourth-order valence-electron chi connectivity index (χ4n) is 5.94. The number of likely N-dealkylation sites (tertiary alicyclic amines) is 1. The van der Waals surface area contributed by atoms with Crippen molar-refractivity contribution in [3.8, 4) is 5.75 Å². The van der Waals surface area contributed by atoms with Gasteiger partial charge in [0.25, 0.3) is 11.8 Å². The van der Waals surface area contributed by atoms with Crippen LogP contribution in [0.15, 0.2) is 18.2 Å². The van der Waals surface area contributed by atoms with Crippen molar-refractivity contribution in [2.24, 2.45) is 0 Å². The fourth-order valence-corrected chi connectivity index (χ4v) is 5.94. The third kappa shape index (κ3) is 8.72. The zero-order valence-electron chi connectivity index (χ0n) is 27.5. The number of aryl methyl sites for hydroxylation is 1. The summed E-state index contributed by atoms with van der Waals surface area (Å²) < 4.78 is 25.6. The Morgan fingerprint density at radius 2 is 1.73 bits per heavy atom. The summed E-state index contributed by atoms with van der Waals surface area (Å²) in [6.07, 6.45) is 1.90. The average molecular weight is 685 g/mol. The molecule has 0 bridgehead atoms. The maximum absolute atomic E-state index is 14.7. The van der Waals surface area contributed by atoms with Crippen LogP contribution in [0.25, 0.3) is 10.9 Å². The van der Waals surface area contributed by atoms with Gasteiger partial charge >= 0.3 is 12.1 Å². The van der Waals surface area contributed by atoms with Crippen LogP contribution in [0.2, 0.25) is 0 Å². The molecule has 5 amide bonds. The Labute approximate surface area is 282 Å². The number of piperazine rings is 1. The minimum atomic E-state index is -1.23. The highest BCUT2D eigenvalue weighted by molar-refractivity contribution is 5.99. The number of pyridine rings is 1. The van der Waals surface area contributed by atoms with Gasteiger partial charge in [-0.3, -0.25) is 24.0 Å². The lowest BCUT2D eigenvalue weighted by atomic mass is 10.1. The molecule has 49 heavy (non-hydrogen) atoms. The number of rotatable bonds is 12. The molecule has 3 N–H and O–H groups in total. The standard InChI is InChI=1S/C33H41FN6O9/c1-3-48-33(47)39-13-11-38(12-14-39)32(46)23(8-9-29(42)43)37-30(44)25-17-27(21-16-22(34)19(2)15-24(21)36-25)49-18-28(41)40-10-4-5-26(40)31(45)35-20-6-7-20/h15-17,20,23,26H,3-14,18H2,1-2H3,(H,35,45)(H,37,44)(H,42,43)/t23-,26-/m0/s1. The molecule has 3 fully saturated rings. The molecule has 0 unspecified atom stereocenters. The van der Waals surface area contributed by atoms with Crippen molar-refractivity contribution in [2.45, 2.75) is 70.5 Å². The van der Waals surface area contributed by atoms with Crippen LogP contribution in [-0.2, 0) is 23.9 Å². The van der Waals surface area contributed by atoms with Gasteiger partial charge in [-0.25, -0.2) is 14.2 Å². The lowest BCUT2D eigenvalue weighted by molar-refractivity contribution is -0.140. The van der Waals surface area contributed by atoms with Crippen LogP contribution in [0, 0.1) is 12.7 Å². The highest BCUT2D eigenvalue weighted by atomic mass is 19.1. The predicted octanol–water partition coefficient (Wildman–Crippen LogP) is 1.59. The van der Waals surface area contributed by atoms with Crippen molar-refractivity contribution in [1.82, 2.24) is 30.3 Å². The number of aromatic nitrogens is 1. The third-order valence-corrected chi connectivity index (χ3v) is 8.80. The summed E-state index contributed by atoms with van der Waals surface area (Å²) in [6, 6.07) is 2.15. The second-order valence-corrected chi connectivity index (χ2v) is 12.4. The third-order valence-electron chi connectivity index (χ3n) is 8.80. The van der Waals surface area contributed by atoms with E-state index < -0.39 is 60.7 Å². The first-order valence-electron chi connectivity index (χ1n) is 16.5. The second-order valence-electron chi connectivity index (χ2n) is 12.4. The first-order chi connectivity index (χ1) is 23.4. The molecule has 15 nitrogen and oxygen atoms in total. The lowest BCUT2D eigenvalue weighted by Crippen LogP contribution is -2.56. The Hall–Kier alpha value is -5.02. The number of carbonyl (C=O) groups excluding carboxylic acids is 5. The summed E-state index contributed by atoms with van der Waals surface area (Å²) in [5.41, 5.74) is 0.238. The number of amides is 5. The number of nitrogens with one attached hydrogen (secondary N) is 2. The molecule has 0 spiro atoms. The molecule has 1 aromatic heterocycles. The van der Waals surface area contributed by atoms with Gasteiger partial charge in [-0.2, -0.15) is 0 Å². The van der Waals surface area contributed by atoms with E-state index in [4.69, 9.17) is 9.47 Å². The zero-order chi connectivity index (χ0) is 35.2. The first-order valence-corrected chi connectivity index (χ1v) is 16.5. The molecule has 264 valence electrons. The minimum absolute atomic E-state index is 0.0101. The molecule has 3 heterocycles. The summed E-state index contributed by atoms with van der Waals surface area (Å²) in [6.45, 7) is 4.03. The summed E-state index contributed by atoms with van der Waals surface area (Å²) in [5, 5.41) is 15.0. The van der Waals surface area contributed by atoms with Crippen molar-refractivity contribution in [2.75, 3.05) is 45.9 Å². The summed E-state index contributed by atoms with van der Waals surface area (Å²) in [4.78, 5) is 85.3. The van der Waals surface area contributed by atoms with Crippen molar-refractivity contribution in [3.63, 3.8) is 0 Å². The van der Waals surface area contributed by atoms with E-state index in [0.717, 1.165) is 12.8 Å². The molecule has 0 radical (unpaired) electrons. The molecular formula is C33H41FN6O9. The smallest absolute Gasteiger partial charge is 0.409 e. The van der Waals surface area contributed by atoms with E-state index in [1.807, 2.05) is 0 Å². The van der Waals surface area contributed by atoms with Gasteiger partial charge in [-0.1, -0.05) is 0 Å². The quantitative estimate of drug-likeness (QED) is 0.296. The van der Waals surface area contributed by atoms with E-state index in [1.165, 1.54) is 39.8 Å². The Kier molecular flexibility index (Phi) is 11.1. The minimum Gasteiger partial charge on any atom is -0.483 e. The predicted molar refractivity (Wildman–Crippen MR) is 171 cm³/mol. The number of carbonyl (C=O) groups is 6. The van der Waals surface area contributed by atoms with Gasteiger partial charge in [0.1, 0.15) is 29.3 Å². The Balaban J connectivity index is 1.32. The zero-order valence-corrected chi connectivity index (χ0v) is 27.5. The van der Waals surface area contributed by atoms with Gasteiger partial charge in [0, 0.05) is 56.6 Å². The lowest BCUT2D eigenvalue weighted by Gasteiger charge is -2.35. The monoisotopic (exact) mass is 684 g/mol. The average Bonchev–Trinajstić information content (AvgIpc) is 3.75. The second kappa shape index (κ2) is 15.5. The Morgan fingerprint density at radius 3 is 2.41 bits per heavy atom. The van der Waals surface area contributed by atoms with E-state index in [2.05, 4.69) is 15.6 Å². The fraction of sp³-hybridized carbons (Fsp3) is 0.545. The van der Waals surface area contributed by atoms with Crippen LogP contribution in [0.1, 0.15) is 61.5 Å².